The van der Waals surface area contributed by atoms with Crippen LogP contribution in [0.4, 0.5) is 15.8 Å². The average Bonchev–Trinajstić information content (AvgIpc) is 3.44. The number of nitrogens with one attached hydrogen (secondary N) is 1. The molecule has 2 aliphatic heterocycles. The Morgan fingerprint density at radius 3 is 2.37 bits per heavy atom. The summed E-state index contributed by atoms with van der Waals surface area (Å²) in [6, 6.07) is 25.9. The molecule has 0 saturated carbocycles. The summed E-state index contributed by atoms with van der Waals surface area (Å²) < 4.78 is 16.1. The number of halogens is 2. The minimum atomic E-state index is -0.833. The predicted octanol–water partition coefficient (Wildman–Crippen LogP) is 6.40. The van der Waals surface area contributed by atoms with Gasteiger partial charge in [-0.05, 0) is 53.4 Å². The van der Waals surface area contributed by atoms with E-state index < -0.39 is 34.7 Å². The van der Waals surface area contributed by atoms with Gasteiger partial charge in [0.05, 0.1) is 16.6 Å². The molecule has 1 aromatic heterocycles. The Morgan fingerprint density at radius 2 is 1.60 bits per heavy atom. The van der Waals surface area contributed by atoms with Crippen LogP contribution in [-0.2, 0) is 20.9 Å². The molecule has 43 heavy (non-hydrogen) atoms. The van der Waals surface area contributed by atoms with Crippen molar-refractivity contribution >= 4 is 78.9 Å². The number of rotatable bonds is 5. The highest BCUT2D eigenvalue weighted by molar-refractivity contribution is 9.10. The van der Waals surface area contributed by atoms with Crippen molar-refractivity contribution in [3.05, 3.63) is 121 Å². The Morgan fingerprint density at radius 1 is 0.884 bits per heavy atom. The van der Waals surface area contributed by atoms with Gasteiger partial charge in [-0.25, -0.2) is 9.29 Å². The van der Waals surface area contributed by atoms with Crippen molar-refractivity contribution < 1.29 is 18.8 Å². The lowest BCUT2D eigenvalue weighted by atomic mass is 9.83. The second kappa shape index (κ2) is 10.9. The van der Waals surface area contributed by atoms with Gasteiger partial charge in [-0.3, -0.25) is 23.7 Å². The Balaban J connectivity index is 1.28. The van der Waals surface area contributed by atoms with Crippen LogP contribution in [0.1, 0.15) is 16.4 Å². The summed E-state index contributed by atoms with van der Waals surface area (Å²) in [6.07, 6.45) is 0. The molecule has 4 aromatic carbocycles. The van der Waals surface area contributed by atoms with E-state index in [-0.39, 0.29) is 17.3 Å². The van der Waals surface area contributed by atoms with E-state index in [2.05, 4.69) is 21.2 Å². The van der Waals surface area contributed by atoms with Crippen LogP contribution in [0, 0.1) is 11.7 Å². The standard InChI is InChI=1S/C32H21BrFN3O4S2/c33-19-10-14-21(15-11-19)37-29(39)26-25(18-8-12-20(34)13-9-18)28-31(42-27(26)30(37)40)36(32(41)43-28)16-24(38)35-23-7-3-5-17-4-1-2-6-22(17)23/h1-15,25-27H,16H2,(H,35,38). The molecule has 0 spiro atoms. The van der Waals surface area contributed by atoms with Gasteiger partial charge in [0, 0.05) is 26.3 Å². The molecule has 0 aliphatic carbocycles. The van der Waals surface area contributed by atoms with E-state index in [1.54, 1.807) is 42.5 Å². The van der Waals surface area contributed by atoms with Gasteiger partial charge in [0.2, 0.25) is 17.7 Å². The Bertz CT molecular complexity index is 1990. The highest BCUT2D eigenvalue weighted by Gasteiger charge is 2.56. The number of imide groups is 1. The number of amides is 3. The topological polar surface area (TPSA) is 88.5 Å². The molecule has 214 valence electrons. The van der Waals surface area contributed by atoms with Crippen LogP contribution in [0.5, 0.6) is 0 Å². The fourth-order valence-corrected chi connectivity index (χ4v) is 8.83. The second-order valence-electron chi connectivity index (χ2n) is 10.3. The van der Waals surface area contributed by atoms with Crippen LogP contribution >= 0.6 is 39.0 Å². The Kier molecular flexibility index (Phi) is 7.03. The average molecular weight is 675 g/mol. The zero-order valence-corrected chi connectivity index (χ0v) is 25.4. The van der Waals surface area contributed by atoms with Crippen LogP contribution in [0.25, 0.3) is 10.8 Å². The van der Waals surface area contributed by atoms with Gasteiger partial charge in [-0.2, -0.15) is 0 Å². The smallest absolute Gasteiger partial charge is 0.308 e. The number of thioether (sulfide) groups is 1. The zero-order valence-electron chi connectivity index (χ0n) is 22.2. The molecule has 7 nitrogen and oxygen atoms in total. The lowest BCUT2D eigenvalue weighted by Crippen LogP contribution is -2.33. The molecule has 7 rings (SSSR count). The third-order valence-electron chi connectivity index (χ3n) is 7.73. The molecule has 1 fully saturated rings. The maximum absolute atomic E-state index is 13.9. The minimum Gasteiger partial charge on any atom is -0.324 e. The summed E-state index contributed by atoms with van der Waals surface area (Å²) in [5, 5.41) is 4.40. The third-order valence-corrected chi connectivity index (χ3v) is 10.9. The molecule has 1 N–H and O–H groups in total. The maximum atomic E-state index is 13.9. The van der Waals surface area contributed by atoms with Crippen LogP contribution in [0.3, 0.4) is 0 Å². The summed E-state index contributed by atoms with van der Waals surface area (Å²) in [5.74, 6) is -3.09. The molecule has 3 amide bonds. The van der Waals surface area contributed by atoms with Gasteiger partial charge >= 0.3 is 4.87 Å². The number of hydrogen-bond acceptors (Lipinski definition) is 6. The molecule has 3 unspecified atom stereocenters. The van der Waals surface area contributed by atoms with Gasteiger partial charge < -0.3 is 5.32 Å². The minimum absolute atomic E-state index is 0.271. The van der Waals surface area contributed by atoms with Crippen molar-refractivity contribution in [2.45, 2.75) is 22.7 Å². The highest BCUT2D eigenvalue weighted by atomic mass is 79.9. The van der Waals surface area contributed by atoms with Gasteiger partial charge in [0.25, 0.3) is 0 Å². The fourth-order valence-electron chi connectivity index (χ4n) is 5.80. The molecular weight excluding hydrogens is 653 g/mol. The van der Waals surface area contributed by atoms with E-state index in [0.717, 1.165) is 38.3 Å². The van der Waals surface area contributed by atoms with Crippen LogP contribution in [0.2, 0.25) is 0 Å². The third kappa shape index (κ3) is 4.81. The normalized spacial score (nSPS) is 19.4. The number of carbonyl (C=O) groups excluding carboxylic acids is 3. The van der Waals surface area contributed by atoms with E-state index >= 15 is 0 Å². The first-order valence-electron chi connectivity index (χ1n) is 13.4. The van der Waals surface area contributed by atoms with Gasteiger partial charge in [0.15, 0.2) is 0 Å². The van der Waals surface area contributed by atoms with Crippen LogP contribution in [0.15, 0.2) is 105 Å². The highest BCUT2D eigenvalue weighted by Crippen LogP contribution is 2.53. The van der Waals surface area contributed by atoms with E-state index in [9.17, 15) is 23.6 Å². The van der Waals surface area contributed by atoms with Crippen molar-refractivity contribution in [3.8, 4) is 0 Å². The SMILES string of the molecule is O=C(Cn1c2c(sc1=O)C(c1ccc(F)cc1)C1C(=O)N(c3ccc(Br)cc3)C(=O)C1S2)Nc1cccc2ccccc12. The van der Waals surface area contributed by atoms with Crippen LogP contribution < -0.4 is 15.1 Å². The molecule has 1 saturated heterocycles. The summed E-state index contributed by atoms with van der Waals surface area (Å²) in [6.45, 7) is -0.271. The van der Waals surface area contributed by atoms with E-state index in [1.807, 2.05) is 36.4 Å². The number of thiazole rings is 1. The van der Waals surface area contributed by atoms with Crippen molar-refractivity contribution in [2.75, 3.05) is 10.2 Å². The van der Waals surface area contributed by atoms with E-state index in [4.69, 9.17) is 0 Å². The molecule has 3 atom stereocenters. The Hall–Kier alpha value is -4.06. The van der Waals surface area contributed by atoms with Gasteiger partial charge in [0.1, 0.15) is 17.6 Å². The number of hydrogen-bond donors (Lipinski definition) is 1. The number of aromatic nitrogens is 1. The lowest BCUT2D eigenvalue weighted by molar-refractivity contribution is -0.122. The van der Waals surface area contributed by atoms with Crippen LogP contribution in [-0.4, -0.2) is 27.5 Å². The largest absolute Gasteiger partial charge is 0.324 e. The number of nitrogens with zero attached hydrogens (tertiary/aromatic N) is 2. The molecule has 0 bridgehead atoms. The first kappa shape index (κ1) is 27.8. The Labute approximate surface area is 261 Å². The van der Waals surface area contributed by atoms with Crippen molar-refractivity contribution in [1.82, 2.24) is 4.57 Å². The first-order chi connectivity index (χ1) is 20.8. The molecule has 2 aliphatic rings. The lowest BCUT2D eigenvalue weighted by Gasteiger charge is -2.30. The molecule has 3 heterocycles. The molecule has 0 radical (unpaired) electrons. The monoisotopic (exact) mass is 673 g/mol. The van der Waals surface area contributed by atoms with Crippen molar-refractivity contribution in [3.63, 3.8) is 0 Å². The van der Waals surface area contributed by atoms with Crippen molar-refractivity contribution in [2.24, 2.45) is 5.92 Å². The number of carbonyl (C=O) groups is 3. The maximum Gasteiger partial charge on any atom is 0.308 e. The van der Waals surface area contributed by atoms with E-state index in [1.165, 1.54) is 21.6 Å². The molecule has 11 heteroatoms. The summed E-state index contributed by atoms with van der Waals surface area (Å²) in [4.78, 5) is 55.9. The number of benzene rings is 4. The van der Waals surface area contributed by atoms with Gasteiger partial charge in [-0.1, -0.05) is 87.6 Å². The quantitative estimate of drug-likeness (QED) is 0.218. The number of fused-ring (bicyclic) bond motifs is 3. The molecular formula is C32H21BrFN3O4S2. The zero-order chi connectivity index (χ0) is 29.8. The first-order valence-corrected chi connectivity index (χ1v) is 15.9. The second-order valence-corrected chi connectivity index (χ2v) is 13.3. The van der Waals surface area contributed by atoms with E-state index in [0.29, 0.717) is 26.8 Å². The summed E-state index contributed by atoms with van der Waals surface area (Å²) >= 11 is 5.48. The summed E-state index contributed by atoms with van der Waals surface area (Å²) in [5.41, 5.74) is 1.69. The predicted molar refractivity (Wildman–Crippen MR) is 169 cm³/mol. The van der Waals surface area contributed by atoms with Gasteiger partial charge in [-0.15, -0.1) is 0 Å². The fraction of sp³-hybridized carbons (Fsp3) is 0.125. The van der Waals surface area contributed by atoms with Crippen molar-refractivity contribution in [1.29, 1.82) is 0 Å². The number of anilines is 2. The summed E-state index contributed by atoms with van der Waals surface area (Å²) in [7, 11) is 0. The molecule has 5 aromatic rings.